The second-order valence-electron chi connectivity index (χ2n) is 4.92. The van der Waals surface area contributed by atoms with Gasteiger partial charge in [-0.1, -0.05) is 4.98 Å². The molecule has 2 aromatic rings. The number of carbonyl (C=O) groups is 1. The van der Waals surface area contributed by atoms with Crippen LogP contribution in [0.4, 0.5) is 11.6 Å². The summed E-state index contributed by atoms with van der Waals surface area (Å²) in [5, 5.41) is 28.4. The number of rotatable bonds is 8. The van der Waals surface area contributed by atoms with E-state index in [-0.39, 0.29) is 18.8 Å². The van der Waals surface area contributed by atoms with Crippen molar-refractivity contribution in [1.82, 2.24) is 20.2 Å². The number of non-ortho nitro benzene ring substituents is 1. The van der Waals surface area contributed by atoms with Crippen LogP contribution in [0.3, 0.4) is 0 Å². The van der Waals surface area contributed by atoms with Crippen molar-refractivity contribution in [2.24, 2.45) is 5.10 Å². The fourth-order valence-electron chi connectivity index (χ4n) is 1.72. The van der Waals surface area contributed by atoms with E-state index in [4.69, 9.17) is 4.74 Å². The fourth-order valence-corrected chi connectivity index (χ4v) is 1.72. The van der Waals surface area contributed by atoms with Gasteiger partial charge in [-0.15, -0.1) is 0 Å². The molecule has 26 heavy (non-hydrogen) atoms. The van der Waals surface area contributed by atoms with E-state index >= 15 is 0 Å². The first kappa shape index (κ1) is 18.4. The first-order valence-corrected chi connectivity index (χ1v) is 7.08. The highest BCUT2D eigenvalue weighted by molar-refractivity contribution is 5.84. The van der Waals surface area contributed by atoms with Crippen LogP contribution in [-0.2, 0) is 11.3 Å². The first-order chi connectivity index (χ1) is 12.3. The summed E-state index contributed by atoms with van der Waals surface area (Å²) in [6.07, 6.45) is 1.18. The first-order valence-electron chi connectivity index (χ1n) is 7.08. The third-order valence-corrected chi connectivity index (χ3v) is 2.87. The molecule has 0 atom stereocenters. The minimum atomic E-state index is -0.722. The van der Waals surface area contributed by atoms with Crippen molar-refractivity contribution >= 4 is 23.3 Å². The molecule has 1 aromatic heterocycles. The van der Waals surface area contributed by atoms with Gasteiger partial charge in [0, 0.05) is 17.2 Å². The minimum Gasteiger partial charge on any atom is -0.484 e. The average Bonchev–Trinajstić information content (AvgIpc) is 3.07. The van der Waals surface area contributed by atoms with Crippen LogP contribution >= 0.6 is 0 Å². The topological polar surface area (TPSA) is 168 Å². The fraction of sp³-hybridized carbons (Fsp3) is 0.231. The van der Waals surface area contributed by atoms with Gasteiger partial charge >= 0.3 is 5.95 Å². The molecule has 136 valence electrons. The van der Waals surface area contributed by atoms with E-state index in [2.05, 4.69) is 20.6 Å². The number of hydrazone groups is 1. The molecule has 1 N–H and O–H groups in total. The van der Waals surface area contributed by atoms with Gasteiger partial charge < -0.3 is 14.9 Å². The molecular formula is C13H13N7O6. The standard InChI is InChI=1S/C13H13N7O6/c1-9(6-18-8-14-13(17-18)20(24)25)15-16-12(21)7-26-11-4-2-10(3-5-11)19(22)23/h2-5,8H,6-7H2,1H3,(H,16,21). The number of benzene rings is 1. The molecule has 13 heteroatoms. The van der Waals surface area contributed by atoms with Crippen molar-refractivity contribution in [1.29, 1.82) is 0 Å². The number of nitro groups is 2. The number of hydrogen-bond acceptors (Lipinski definition) is 9. The number of nitro benzene ring substituents is 1. The quantitative estimate of drug-likeness (QED) is 0.405. The van der Waals surface area contributed by atoms with E-state index in [1.54, 1.807) is 6.92 Å². The maximum atomic E-state index is 11.7. The predicted octanol–water partition coefficient (Wildman–Crippen LogP) is 0.666. The Morgan fingerprint density at radius 2 is 1.96 bits per heavy atom. The van der Waals surface area contributed by atoms with E-state index in [1.165, 1.54) is 35.3 Å². The van der Waals surface area contributed by atoms with Gasteiger partial charge in [0.15, 0.2) is 6.61 Å². The van der Waals surface area contributed by atoms with Crippen LogP contribution in [0, 0.1) is 20.2 Å². The third kappa shape index (κ3) is 5.33. The minimum absolute atomic E-state index is 0.0876. The highest BCUT2D eigenvalue weighted by Crippen LogP contribution is 2.16. The molecule has 0 spiro atoms. The Hall–Kier alpha value is -3.90. The van der Waals surface area contributed by atoms with Gasteiger partial charge in [0.2, 0.25) is 6.33 Å². The molecule has 0 saturated heterocycles. The molecule has 0 fully saturated rings. The summed E-state index contributed by atoms with van der Waals surface area (Å²) in [6, 6.07) is 5.26. The van der Waals surface area contributed by atoms with Crippen molar-refractivity contribution in [2.45, 2.75) is 13.5 Å². The second kappa shape index (κ2) is 8.27. The predicted molar refractivity (Wildman–Crippen MR) is 86.5 cm³/mol. The Kier molecular flexibility index (Phi) is 5.87. The van der Waals surface area contributed by atoms with Gasteiger partial charge in [-0.2, -0.15) is 9.78 Å². The Morgan fingerprint density at radius 1 is 1.27 bits per heavy atom. The highest BCUT2D eigenvalue weighted by atomic mass is 16.6. The van der Waals surface area contributed by atoms with Crippen molar-refractivity contribution < 1.29 is 19.4 Å². The zero-order valence-corrected chi connectivity index (χ0v) is 13.4. The van der Waals surface area contributed by atoms with Crippen molar-refractivity contribution in [3.05, 3.63) is 50.8 Å². The molecule has 1 amide bonds. The Balaban J connectivity index is 1.80. The smallest absolute Gasteiger partial charge is 0.484 e. The number of aromatic nitrogens is 3. The van der Waals surface area contributed by atoms with Gasteiger partial charge in [-0.3, -0.25) is 14.9 Å². The summed E-state index contributed by atoms with van der Waals surface area (Å²) in [7, 11) is 0. The van der Waals surface area contributed by atoms with Gasteiger partial charge in [-0.05, 0) is 24.0 Å². The highest BCUT2D eigenvalue weighted by Gasteiger charge is 2.13. The normalized spacial score (nSPS) is 11.0. The Bertz CT molecular complexity index is 845. The van der Waals surface area contributed by atoms with Crippen LogP contribution in [-0.4, -0.2) is 42.8 Å². The molecule has 1 aromatic carbocycles. The number of nitrogens with one attached hydrogen (secondary N) is 1. The third-order valence-electron chi connectivity index (χ3n) is 2.87. The molecule has 0 saturated carbocycles. The van der Waals surface area contributed by atoms with Gasteiger partial charge in [0.25, 0.3) is 11.6 Å². The molecular weight excluding hydrogens is 350 g/mol. The SMILES string of the molecule is CC(Cn1cnc([N+](=O)[O-])n1)=NNC(=O)COc1ccc([N+](=O)[O-])cc1. The van der Waals surface area contributed by atoms with Crippen LogP contribution in [0.15, 0.2) is 35.7 Å². The van der Waals surface area contributed by atoms with Gasteiger partial charge in [0.1, 0.15) is 5.75 Å². The van der Waals surface area contributed by atoms with E-state index in [0.717, 1.165) is 0 Å². The molecule has 2 rings (SSSR count). The summed E-state index contributed by atoms with van der Waals surface area (Å²) in [5.41, 5.74) is 2.59. The Morgan fingerprint density at radius 3 is 2.54 bits per heavy atom. The molecule has 0 bridgehead atoms. The second-order valence-corrected chi connectivity index (χ2v) is 4.92. The lowest BCUT2D eigenvalue weighted by Crippen LogP contribution is -2.26. The molecule has 0 aliphatic carbocycles. The maximum Gasteiger partial charge on any atom is 0.490 e. The summed E-state index contributed by atoms with van der Waals surface area (Å²) < 4.78 is 6.38. The molecule has 0 aliphatic rings. The lowest BCUT2D eigenvalue weighted by Gasteiger charge is -2.05. The van der Waals surface area contributed by atoms with Crippen molar-refractivity contribution in [3.63, 3.8) is 0 Å². The van der Waals surface area contributed by atoms with E-state index in [0.29, 0.717) is 11.5 Å². The van der Waals surface area contributed by atoms with E-state index in [1.807, 2.05) is 0 Å². The van der Waals surface area contributed by atoms with Crippen LogP contribution < -0.4 is 10.2 Å². The number of hydrogen-bond donors (Lipinski definition) is 1. The molecule has 0 unspecified atom stereocenters. The van der Waals surface area contributed by atoms with Crippen LogP contribution in [0.2, 0.25) is 0 Å². The Labute approximate surface area is 145 Å². The van der Waals surface area contributed by atoms with Crippen LogP contribution in [0.1, 0.15) is 6.92 Å². The average molecular weight is 363 g/mol. The van der Waals surface area contributed by atoms with Gasteiger partial charge in [-0.25, -0.2) is 5.43 Å². The number of amides is 1. The lowest BCUT2D eigenvalue weighted by atomic mass is 10.3. The lowest BCUT2D eigenvalue weighted by molar-refractivity contribution is -0.394. The summed E-state index contributed by atoms with van der Waals surface area (Å²) >= 11 is 0. The number of carbonyl (C=O) groups excluding carboxylic acids is 1. The summed E-state index contributed by atoms with van der Waals surface area (Å²) in [6.45, 7) is 1.35. The zero-order chi connectivity index (χ0) is 19.1. The van der Waals surface area contributed by atoms with Crippen LogP contribution in [0.5, 0.6) is 5.75 Å². The molecule has 0 aliphatic heterocycles. The monoisotopic (exact) mass is 363 g/mol. The van der Waals surface area contributed by atoms with Crippen molar-refractivity contribution in [3.8, 4) is 5.75 Å². The summed E-state index contributed by atoms with van der Waals surface area (Å²) in [4.78, 5) is 34.9. The molecule has 1 heterocycles. The summed E-state index contributed by atoms with van der Waals surface area (Å²) in [5.74, 6) is -0.785. The molecule has 13 nitrogen and oxygen atoms in total. The maximum absolute atomic E-state index is 11.7. The number of nitrogens with zero attached hydrogens (tertiary/aromatic N) is 6. The van der Waals surface area contributed by atoms with E-state index < -0.39 is 21.7 Å². The largest absolute Gasteiger partial charge is 0.490 e. The van der Waals surface area contributed by atoms with E-state index in [9.17, 15) is 25.0 Å². The van der Waals surface area contributed by atoms with Crippen molar-refractivity contribution in [2.75, 3.05) is 6.61 Å². The molecule has 0 radical (unpaired) electrons. The number of ether oxygens (including phenoxy) is 1. The van der Waals surface area contributed by atoms with Gasteiger partial charge in [0.05, 0.1) is 17.2 Å². The van der Waals surface area contributed by atoms with Crippen LogP contribution in [0.25, 0.3) is 0 Å². The zero-order valence-electron chi connectivity index (χ0n) is 13.4.